The predicted molar refractivity (Wildman–Crippen MR) is 85.4 cm³/mol. The van der Waals surface area contributed by atoms with Crippen LogP contribution in [0.5, 0.6) is 0 Å². The molecule has 0 amide bonds. The molecule has 4 nitrogen and oxygen atoms in total. The van der Waals surface area contributed by atoms with Crippen molar-refractivity contribution in [3.8, 4) is 0 Å². The van der Waals surface area contributed by atoms with Crippen molar-refractivity contribution in [3.05, 3.63) is 11.9 Å². The van der Waals surface area contributed by atoms with Gasteiger partial charge in [0.25, 0.3) is 0 Å². The number of rotatable bonds is 5. The summed E-state index contributed by atoms with van der Waals surface area (Å²) in [5.74, 6) is 3.00. The highest BCUT2D eigenvalue weighted by Crippen LogP contribution is 2.32. The maximum absolute atomic E-state index is 4.55. The fourth-order valence-electron chi connectivity index (χ4n) is 3.36. The zero-order valence-corrected chi connectivity index (χ0v) is 13.3. The van der Waals surface area contributed by atoms with Crippen molar-refractivity contribution in [1.29, 1.82) is 0 Å². The third kappa shape index (κ3) is 3.05. The summed E-state index contributed by atoms with van der Waals surface area (Å²) in [5, 5.41) is 3.18. The molecule has 2 rings (SSSR count). The fourth-order valence-corrected chi connectivity index (χ4v) is 3.36. The average molecular weight is 276 g/mol. The van der Waals surface area contributed by atoms with Crippen LogP contribution in [-0.4, -0.2) is 30.1 Å². The Balaban J connectivity index is 2.15. The molecule has 0 bridgehead atoms. The van der Waals surface area contributed by atoms with Crippen LogP contribution in [0.3, 0.4) is 0 Å². The van der Waals surface area contributed by atoms with Crippen LogP contribution in [0.4, 0.5) is 11.6 Å². The van der Waals surface area contributed by atoms with Crippen molar-refractivity contribution in [2.24, 2.45) is 5.92 Å². The Kier molecular flexibility index (Phi) is 5.21. The molecular formula is C16H28N4. The van der Waals surface area contributed by atoms with Gasteiger partial charge in [0.15, 0.2) is 0 Å². The predicted octanol–water partition coefficient (Wildman–Crippen LogP) is 3.49. The first-order valence-electron chi connectivity index (χ1n) is 7.95. The number of nitrogens with one attached hydrogen (secondary N) is 1. The molecule has 1 heterocycles. The molecule has 0 aromatic carbocycles. The topological polar surface area (TPSA) is 41.1 Å². The first kappa shape index (κ1) is 15.1. The minimum absolute atomic E-state index is 0.628. The molecule has 20 heavy (non-hydrogen) atoms. The van der Waals surface area contributed by atoms with Gasteiger partial charge in [0, 0.05) is 25.7 Å². The smallest absolute Gasteiger partial charge is 0.137 e. The third-order valence-electron chi connectivity index (χ3n) is 4.79. The van der Waals surface area contributed by atoms with Crippen molar-refractivity contribution >= 4 is 11.6 Å². The maximum Gasteiger partial charge on any atom is 0.137 e. The average Bonchev–Trinajstić information content (AvgIpc) is 2.53. The Morgan fingerprint density at radius 3 is 2.45 bits per heavy atom. The Labute approximate surface area is 123 Å². The molecule has 1 aliphatic carbocycles. The van der Waals surface area contributed by atoms with Crippen LogP contribution in [0.25, 0.3) is 0 Å². The summed E-state index contributed by atoms with van der Waals surface area (Å²) in [4.78, 5) is 11.3. The van der Waals surface area contributed by atoms with E-state index in [0.29, 0.717) is 6.04 Å². The monoisotopic (exact) mass is 276 g/mol. The second kappa shape index (κ2) is 6.91. The highest BCUT2D eigenvalue weighted by atomic mass is 15.2. The first-order valence-corrected chi connectivity index (χ1v) is 7.95. The summed E-state index contributed by atoms with van der Waals surface area (Å²) < 4.78 is 0. The van der Waals surface area contributed by atoms with Crippen molar-refractivity contribution < 1.29 is 0 Å². The molecule has 0 aliphatic heterocycles. The molecule has 1 aliphatic rings. The molecule has 1 fully saturated rings. The molecule has 0 radical (unpaired) electrons. The van der Waals surface area contributed by atoms with Gasteiger partial charge in [-0.05, 0) is 38.0 Å². The van der Waals surface area contributed by atoms with Gasteiger partial charge in [-0.3, -0.25) is 0 Å². The molecule has 0 saturated heterocycles. The lowest BCUT2D eigenvalue weighted by Gasteiger charge is -2.36. The van der Waals surface area contributed by atoms with Crippen LogP contribution in [0.15, 0.2) is 6.33 Å². The highest BCUT2D eigenvalue weighted by molar-refractivity contribution is 5.58. The van der Waals surface area contributed by atoms with Crippen LogP contribution in [-0.2, 0) is 6.42 Å². The summed E-state index contributed by atoms with van der Waals surface area (Å²) >= 11 is 0. The summed E-state index contributed by atoms with van der Waals surface area (Å²) in [5.41, 5.74) is 1.23. The van der Waals surface area contributed by atoms with Gasteiger partial charge in [-0.1, -0.05) is 20.3 Å². The Morgan fingerprint density at radius 2 is 1.90 bits per heavy atom. The lowest BCUT2D eigenvalue weighted by molar-refractivity contribution is 0.312. The van der Waals surface area contributed by atoms with E-state index in [0.717, 1.165) is 24.0 Å². The summed E-state index contributed by atoms with van der Waals surface area (Å²) in [6.07, 6.45) is 9.26. The highest BCUT2D eigenvalue weighted by Gasteiger charge is 2.25. The number of hydrogen-bond acceptors (Lipinski definition) is 4. The minimum atomic E-state index is 0.628. The number of hydrogen-bond donors (Lipinski definition) is 1. The molecule has 1 N–H and O–H groups in total. The number of nitrogens with zero attached hydrogens (tertiary/aromatic N) is 3. The number of anilines is 2. The molecule has 0 spiro atoms. The van der Waals surface area contributed by atoms with Crippen molar-refractivity contribution in [1.82, 2.24) is 9.97 Å². The van der Waals surface area contributed by atoms with Crippen LogP contribution in [0.1, 0.15) is 51.5 Å². The zero-order chi connectivity index (χ0) is 14.5. The van der Waals surface area contributed by atoms with Crippen LogP contribution in [0, 0.1) is 5.92 Å². The maximum atomic E-state index is 4.55. The lowest BCUT2D eigenvalue weighted by Crippen LogP contribution is -2.36. The standard InChI is InChI=1S/C16H28N4/c1-5-12-7-9-13(10-8-12)20(4)16-14(6-2)15(17-3)18-11-19-16/h11-13H,5-10H2,1-4H3,(H,17,18,19). The molecular weight excluding hydrogens is 248 g/mol. The van der Waals surface area contributed by atoms with Gasteiger partial charge in [0.1, 0.15) is 18.0 Å². The van der Waals surface area contributed by atoms with Gasteiger partial charge in [-0.25, -0.2) is 9.97 Å². The van der Waals surface area contributed by atoms with E-state index in [1.165, 1.54) is 37.7 Å². The van der Waals surface area contributed by atoms with E-state index in [2.05, 4.69) is 41.1 Å². The van der Waals surface area contributed by atoms with Gasteiger partial charge in [-0.15, -0.1) is 0 Å². The Hall–Kier alpha value is -1.32. The van der Waals surface area contributed by atoms with Crippen molar-refractivity contribution in [2.75, 3.05) is 24.3 Å². The normalized spacial score (nSPS) is 22.6. The van der Waals surface area contributed by atoms with Crippen molar-refractivity contribution in [3.63, 3.8) is 0 Å². The van der Waals surface area contributed by atoms with E-state index >= 15 is 0 Å². The molecule has 4 heteroatoms. The first-order chi connectivity index (χ1) is 9.71. The molecule has 1 aromatic heterocycles. The van der Waals surface area contributed by atoms with Crippen LogP contribution >= 0.6 is 0 Å². The van der Waals surface area contributed by atoms with Crippen molar-refractivity contribution in [2.45, 2.75) is 58.4 Å². The summed E-state index contributed by atoms with van der Waals surface area (Å²) in [6, 6.07) is 0.628. The van der Waals surface area contributed by atoms with Gasteiger partial charge in [-0.2, -0.15) is 0 Å². The van der Waals surface area contributed by atoms with E-state index in [1.807, 2.05) is 7.05 Å². The molecule has 1 saturated carbocycles. The van der Waals surface area contributed by atoms with E-state index in [1.54, 1.807) is 6.33 Å². The van der Waals surface area contributed by atoms with Gasteiger partial charge < -0.3 is 10.2 Å². The Morgan fingerprint density at radius 1 is 1.20 bits per heavy atom. The van der Waals surface area contributed by atoms with Gasteiger partial charge >= 0.3 is 0 Å². The molecule has 1 aromatic rings. The second-order valence-corrected chi connectivity index (χ2v) is 5.82. The third-order valence-corrected chi connectivity index (χ3v) is 4.79. The quantitative estimate of drug-likeness (QED) is 0.894. The summed E-state index contributed by atoms with van der Waals surface area (Å²) in [7, 11) is 4.12. The number of aromatic nitrogens is 2. The summed E-state index contributed by atoms with van der Waals surface area (Å²) in [6.45, 7) is 4.48. The lowest BCUT2D eigenvalue weighted by atomic mass is 9.84. The van der Waals surface area contributed by atoms with E-state index in [4.69, 9.17) is 0 Å². The molecule has 112 valence electrons. The van der Waals surface area contributed by atoms with Crippen LogP contribution < -0.4 is 10.2 Å². The van der Waals surface area contributed by atoms with E-state index in [9.17, 15) is 0 Å². The zero-order valence-electron chi connectivity index (χ0n) is 13.3. The van der Waals surface area contributed by atoms with Gasteiger partial charge in [0.05, 0.1) is 0 Å². The van der Waals surface area contributed by atoms with Gasteiger partial charge in [0.2, 0.25) is 0 Å². The van der Waals surface area contributed by atoms with E-state index in [-0.39, 0.29) is 0 Å². The van der Waals surface area contributed by atoms with Crippen LogP contribution in [0.2, 0.25) is 0 Å². The largest absolute Gasteiger partial charge is 0.373 e. The minimum Gasteiger partial charge on any atom is -0.373 e. The fraction of sp³-hybridized carbons (Fsp3) is 0.750. The second-order valence-electron chi connectivity index (χ2n) is 5.82. The molecule has 0 unspecified atom stereocenters. The molecule has 0 atom stereocenters. The van der Waals surface area contributed by atoms with E-state index < -0.39 is 0 Å². The Bertz CT molecular complexity index is 424. The SMILES string of the molecule is CCc1c(NC)ncnc1N(C)C1CCC(CC)CC1.